The van der Waals surface area contributed by atoms with E-state index >= 15 is 0 Å². The van der Waals surface area contributed by atoms with Gasteiger partial charge in [0, 0.05) is 27.7 Å². The van der Waals surface area contributed by atoms with Gasteiger partial charge in [0.25, 0.3) is 20.2 Å². The molecule has 29 heteroatoms. The first-order valence-electron chi connectivity index (χ1n) is 19.5. The maximum Gasteiger partial charge on any atom is 2.00 e. The smallest absolute Gasteiger partial charge is 0.655 e. The molecule has 0 fully saturated rings. The number of hydrogen-bond acceptors (Lipinski definition) is 14. The van der Waals surface area contributed by atoms with Gasteiger partial charge >= 0.3 is 17.1 Å². The normalized spacial score (nSPS) is 13.0. The van der Waals surface area contributed by atoms with Crippen molar-refractivity contribution in [3.8, 4) is 44.5 Å². The van der Waals surface area contributed by atoms with Crippen molar-refractivity contribution in [3.05, 3.63) is 138 Å². The molecule has 0 saturated carbocycles. The van der Waals surface area contributed by atoms with Crippen LogP contribution in [0.1, 0.15) is 22.8 Å². The number of hydrogen-bond donors (Lipinski definition) is 4. The third kappa shape index (κ3) is 11.2. The van der Waals surface area contributed by atoms with Crippen molar-refractivity contribution in [3.63, 3.8) is 0 Å². The Morgan fingerprint density at radius 3 is 0.863 bits per heavy atom. The van der Waals surface area contributed by atoms with E-state index in [1.807, 2.05) is 0 Å². The molecule has 8 bridgehead atoms. The van der Waals surface area contributed by atoms with Gasteiger partial charge in [0.05, 0.1) is 74.6 Å². The van der Waals surface area contributed by atoms with Gasteiger partial charge in [0.15, 0.2) is 0 Å². The van der Waals surface area contributed by atoms with Gasteiger partial charge in [-0.15, -0.1) is 30.7 Å². The first kappa shape index (κ1) is 57.3. The number of nitrogens with zero attached hydrogens (tertiary/aromatic N) is 4. The molecule has 5 heterocycles. The number of fused-ring (bicyclic) bond motifs is 8. The van der Waals surface area contributed by atoms with Crippen molar-refractivity contribution in [2.75, 3.05) is 0 Å². The molecule has 4 N–H and O–H groups in total. The van der Waals surface area contributed by atoms with Crippen molar-refractivity contribution in [2.45, 2.75) is 19.6 Å². The molecule has 1 radical (unpaired) electrons. The molecule has 0 amide bonds. The van der Waals surface area contributed by atoms with Crippen molar-refractivity contribution in [1.82, 2.24) is 19.9 Å². The number of benzene rings is 4. The molecule has 2 aliphatic heterocycles. The summed E-state index contributed by atoms with van der Waals surface area (Å²) in [5, 5.41) is 25.4. The van der Waals surface area contributed by atoms with Gasteiger partial charge in [-0.05, 0) is 157 Å². The van der Waals surface area contributed by atoms with E-state index in [1.54, 1.807) is 48.5 Å². The van der Waals surface area contributed by atoms with E-state index in [9.17, 15) is 25.9 Å². The van der Waals surface area contributed by atoms with Crippen LogP contribution in [0.25, 0.3) is 84.5 Å². The molecular formula is C44H20Br8MnN4O12S4. The Kier molecular flexibility index (Phi) is 18.2. The fourth-order valence-electron chi connectivity index (χ4n) is 7.59. The first-order valence-corrected chi connectivity index (χ1v) is 30.2. The van der Waals surface area contributed by atoms with Crippen LogP contribution in [0.3, 0.4) is 0 Å². The average molecular weight is 1620 g/mol. The predicted octanol–water partition coefficient (Wildman–Crippen LogP) is 15.9. The van der Waals surface area contributed by atoms with Crippen LogP contribution in [0.4, 0.5) is 0 Å². The SMILES string of the molecule is O=S(=O)(O)c1ccc(-c2c3nc(c(-c4ccc(SOOO)cc4)c4[n-]c(c(Br)c4Br)c(-c4ccc(SOOO)cc4)c4nc(c(-c5ccc(S(=O)(=O)O)cc5)c5[n-]c2c(Br)c5Br)C(Br)=C4Br)C(Br)=C3Br)cc1.[Mn+2]. The van der Waals surface area contributed by atoms with Crippen LogP contribution in [0, 0.1) is 0 Å². The summed E-state index contributed by atoms with van der Waals surface area (Å²) in [7, 11) is -9.21. The summed E-state index contributed by atoms with van der Waals surface area (Å²) < 4.78 is 82.3. The molecule has 0 aliphatic carbocycles. The predicted molar refractivity (Wildman–Crippen MR) is 302 cm³/mol. The van der Waals surface area contributed by atoms with Crippen LogP contribution >= 0.6 is 152 Å². The molecule has 2 aliphatic rings. The Balaban J connectivity index is 0.00000711. The summed E-state index contributed by atoms with van der Waals surface area (Å²) in [4.78, 5) is 21.8. The summed E-state index contributed by atoms with van der Waals surface area (Å²) in [6, 6.07) is 25.2. The van der Waals surface area contributed by atoms with Crippen molar-refractivity contribution < 1.29 is 72.3 Å². The fraction of sp³-hybridized carbons (Fsp3) is 0. The van der Waals surface area contributed by atoms with Crippen molar-refractivity contribution in [2.24, 2.45) is 0 Å². The molecule has 0 atom stereocenters. The van der Waals surface area contributed by atoms with E-state index in [0.717, 1.165) is 24.1 Å². The maximum atomic E-state index is 12.3. The Morgan fingerprint density at radius 2 is 0.644 bits per heavy atom. The zero-order chi connectivity index (χ0) is 51.6. The molecule has 0 saturated heterocycles. The van der Waals surface area contributed by atoms with E-state index < -0.39 is 20.2 Å². The second-order valence-corrected chi connectivity index (χ2v) is 25.5. The summed E-state index contributed by atoms with van der Waals surface area (Å²) in [6.45, 7) is 0. The molecule has 3 aromatic heterocycles. The Labute approximate surface area is 499 Å². The van der Waals surface area contributed by atoms with Crippen LogP contribution in [0.15, 0.2) is 135 Å². The Morgan fingerprint density at radius 1 is 0.411 bits per heavy atom. The summed E-state index contributed by atoms with van der Waals surface area (Å²) in [5.41, 5.74) is 6.59. The Hall–Kier alpha value is -1.88. The average Bonchev–Trinajstić information content (AvgIpc) is 4.02. The largest absolute Gasteiger partial charge is 2.00 e. The van der Waals surface area contributed by atoms with Crippen molar-refractivity contribution >= 4 is 212 Å². The fourth-order valence-corrected chi connectivity index (χ4v) is 13.1. The number of aromatic nitrogens is 4. The third-order valence-electron chi connectivity index (χ3n) is 10.7. The molecule has 16 nitrogen and oxygen atoms in total. The quantitative estimate of drug-likeness (QED) is 0.0292. The zero-order valence-corrected chi connectivity index (χ0v) is 52.3. The molecule has 4 aromatic carbocycles. The van der Waals surface area contributed by atoms with Gasteiger partial charge in [-0.1, -0.05) is 122 Å². The monoisotopic (exact) mass is 1610 g/mol. The van der Waals surface area contributed by atoms with Crippen LogP contribution in [0.5, 0.6) is 0 Å². The Bertz CT molecular complexity index is 3620. The second-order valence-electron chi connectivity index (χ2n) is 14.7. The van der Waals surface area contributed by atoms with Gasteiger partial charge in [0.1, 0.15) is 0 Å². The van der Waals surface area contributed by atoms with Crippen LogP contribution < -0.4 is 9.97 Å². The zero-order valence-electron chi connectivity index (χ0n) is 35.1. The minimum Gasteiger partial charge on any atom is -0.655 e. The van der Waals surface area contributed by atoms with Crippen molar-refractivity contribution in [1.29, 1.82) is 0 Å². The topological polar surface area (TPSA) is 240 Å². The standard InChI is InChI=1S/C44H20Br8N4O12S4.Mn/c45-29-30(46)38-26(18-3-11-22(12-4-18)70-68-66-58)40-32(48)34(50)42(55-40)28(20-7-15-24(16-8-20)72(62,63)64)44-36(52)35(51)43(56-44)27(19-5-13-23(14-6-19)71(59,60)61)41-33(49)31(47)39(54-41)25(37(29)53-38)17-1-9-21(10-2-17)69-67-65-57;/h1-16,57-58H,(H,59,60,61)(H,62,63,64);/q-2;+2. The van der Waals surface area contributed by atoms with Crippen LogP contribution in [-0.4, -0.2) is 46.4 Å². The van der Waals surface area contributed by atoms with Crippen LogP contribution in [0.2, 0.25) is 0 Å². The van der Waals surface area contributed by atoms with Gasteiger partial charge in [-0.3, -0.25) is 9.11 Å². The first-order chi connectivity index (χ1) is 34.2. The molecule has 73 heavy (non-hydrogen) atoms. The van der Waals surface area contributed by atoms with E-state index in [-0.39, 0.29) is 26.9 Å². The summed E-state index contributed by atoms with van der Waals surface area (Å²) >= 11 is 32.2. The van der Waals surface area contributed by atoms with Gasteiger partial charge in [-0.2, -0.15) is 16.8 Å². The molecule has 375 valence electrons. The van der Waals surface area contributed by atoms with Crippen LogP contribution in [-0.2, 0) is 56.0 Å². The molecule has 7 aromatic rings. The van der Waals surface area contributed by atoms with E-state index in [0.29, 0.717) is 135 Å². The third-order valence-corrected chi connectivity index (χ3v) is 21.9. The molecular weight excluding hydrogens is 1600 g/mol. The van der Waals surface area contributed by atoms with Gasteiger partial charge in [0.2, 0.25) is 0 Å². The minimum absolute atomic E-state index is 0. The maximum absolute atomic E-state index is 12.3. The van der Waals surface area contributed by atoms with E-state index in [4.69, 9.17) is 39.1 Å². The van der Waals surface area contributed by atoms with Gasteiger partial charge in [-0.25, -0.2) is 20.5 Å². The summed E-state index contributed by atoms with van der Waals surface area (Å²) in [6.07, 6.45) is 0. The molecule has 0 spiro atoms. The van der Waals surface area contributed by atoms with Gasteiger partial charge < -0.3 is 9.97 Å². The van der Waals surface area contributed by atoms with E-state index in [1.165, 1.54) is 48.5 Å². The second kappa shape index (κ2) is 23.2. The molecule has 0 unspecified atom stereocenters. The molecule has 9 rings (SSSR count). The minimum atomic E-state index is -4.61. The number of halogens is 8. The summed E-state index contributed by atoms with van der Waals surface area (Å²) in [5.74, 6) is 0. The number of rotatable bonds is 12. The van der Waals surface area contributed by atoms with E-state index in [2.05, 4.69) is 138 Å².